The van der Waals surface area contributed by atoms with Crippen molar-refractivity contribution in [2.75, 3.05) is 25.4 Å². The summed E-state index contributed by atoms with van der Waals surface area (Å²) in [5.41, 5.74) is 7.91. The van der Waals surface area contributed by atoms with E-state index in [2.05, 4.69) is 32.2 Å². The monoisotopic (exact) mass is 339 g/mol. The second-order valence-corrected chi connectivity index (χ2v) is 6.47. The number of likely N-dealkylation sites (tertiary alicyclic amines) is 1. The number of hydrogen-bond acceptors (Lipinski definition) is 3. The molecule has 0 spiro atoms. The predicted octanol–water partition coefficient (Wildman–Crippen LogP) is 2.38. The molecular formula is C15H22BrN3O. The molecule has 1 saturated heterocycles. The summed E-state index contributed by atoms with van der Waals surface area (Å²) >= 11 is 3.48. The Morgan fingerprint density at radius 3 is 2.70 bits per heavy atom. The lowest BCUT2D eigenvalue weighted by molar-refractivity contribution is -0.119. The summed E-state index contributed by atoms with van der Waals surface area (Å²) in [7, 11) is 0. The van der Waals surface area contributed by atoms with Gasteiger partial charge in [-0.15, -0.1) is 0 Å². The molecule has 1 heterocycles. The zero-order chi connectivity index (χ0) is 14.5. The van der Waals surface area contributed by atoms with Crippen LogP contribution in [0, 0.1) is 5.92 Å². The normalized spacial score (nSPS) is 17.1. The maximum absolute atomic E-state index is 10.9. The Morgan fingerprint density at radius 2 is 2.10 bits per heavy atom. The minimum Gasteiger partial charge on any atom is -0.399 e. The third-order valence-corrected chi connectivity index (χ3v) is 4.19. The van der Waals surface area contributed by atoms with E-state index in [1.165, 1.54) is 5.56 Å². The molecule has 0 aliphatic carbocycles. The molecule has 2 rings (SSSR count). The fraction of sp³-hybridized carbons (Fsp3) is 0.533. The number of rotatable bonds is 4. The number of hydrogen-bond donors (Lipinski definition) is 2. The summed E-state index contributed by atoms with van der Waals surface area (Å²) < 4.78 is 1.04. The molecule has 0 radical (unpaired) electrons. The molecule has 1 amide bonds. The second kappa shape index (κ2) is 7.09. The molecule has 1 aliphatic rings. The van der Waals surface area contributed by atoms with Crippen LogP contribution in [0.3, 0.4) is 0 Å². The van der Waals surface area contributed by atoms with Crippen molar-refractivity contribution in [1.29, 1.82) is 0 Å². The lowest BCUT2D eigenvalue weighted by atomic mass is 9.96. The molecule has 110 valence electrons. The van der Waals surface area contributed by atoms with Gasteiger partial charge in [-0.3, -0.25) is 9.69 Å². The first-order chi connectivity index (χ1) is 9.52. The summed E-state index contributed by atoms with van der Waals surface area (Å²) in [6.45, 7) is 5.49. The Kier molecular flexibility index (Phi) is 5.43. The number of amides is 1. The lowest BCUT2D eigenvalue weighted by Gasteiger charge is -2.32. The number of carbonyl (C=O) groups is 1. The summed E-state index contributed by atoms with van der Waals surface area (Å²) in [6, 6.07) is 6.08. The van der Waals surface area contributed by atoms with Crippen molar-refractivity contribution in [2.24, 2.45) is 5.92 Å². The van der Waals surface area contributed by atoms with Gasteiger partial charge >= 0.3 is 0 Å². The van der Waals surface area contributed by atoms with Crippen molar-refractivity contribution < 1.29 is 4.79 Å². The molecule has 1 aromatic carbocycles. The number of nitrogens with one attached hydrogen (secondary N) is 1. The summed E-state index contributed by atoms with van der Waals surface area (Å²) in [4.78, 5) is 13.4. The maximum atomic E-state index is 10.9. The van der Waals surface area contributed by atoms with E-state index in [4.69, 9.17) is 5.73 Å². The van der Waals surface area contributed by atoms with Crippen molar-refractivity contribution in [3.8, 4) is 0 Å². The van der Waals surface area contributed by atoms with Crippen LogP contribution in [0.4, 0.5) is 5.69 Å². The highest BCUT2D eigenvalue weighted by atomic mass is 79.9. The van der Waals surface area contributed by atoms with Gasteiger partial charge in [0.2, 0.25) is 5.91 Å². The van der Waals surface area contributed by atoms with Gasteiger partial charge in [-0.25, -0.2) is 0 Å². The lowest BCUT2D eigenvalue weighted by Crippen LogP contribution is -2.37. The van der Waals surface area contributed by atoms with Gasteiger partial charge in [0.25, 0.3) is 0 Å². The second-order valence-electron chi connectivity index (χ2n) is 5.55. The van der Waals surface area contributed by atoms with Gasteiger partial charge in [0.1, 0.15) is 0 Å². The van der Waals surface area contributed by atoms with E-state index in [0.29, 0.717) is 5.92 Å². The molecule has 0 unspecified atom stereocenters. The number of anilines is 1. The van der Waals surface area contributed by atoms with Crippen molar-refractivity contribution in [3.63, 3.8) is 0 Å². The zero-order valence-electron chi connectivity index (χ0n) is 11.9. The molecule has 3 N–H and O–H groups in total. The average Bonchev–Trinajstić information content (AvgIpc) is 2.36. The minimum absolute atomic E-state index is 0.0667. The molecule has 4 nitrogen and oxygen atoms in total. The molecule has 0 aromatic heterocycles. The van der Waals surface area contributed by atoms with Gasteiger partial charge in [-0.05, 0) is 55.6 Å². The summed E-state index contributed by atoms with van der Waals surface area (Å²) in [6.07, 6.45) is 2.29. The Balaban J connectivity index is 1.80. The van der Waals surface area contributed by atoms with Gasteiger partial charge in [-0.1, -0.05) is 15.9 Å². The quantitative estimate of drug-likeness (QED) is 0.828. The number of nitrogens with zero attached hydrogens (tertiary/aromatic N) is 1. The zero-order valence-corrected chi connectivity index (χ0v) is 13.4. The van der Waals surface area contributed by atoms with E-state index < -0.39 is 0 Å². The summed E-state index contributed by atoms with van der Waals surface area (Å²) in [5, 5.41) is 2.91. The van der Waals surface area contributed by atoms with Crippen molar-refractivity contribution in [3.05, 3.63) is 28.2 Å². The third kappa shape index (κ3) is 4.80. The standard InChI is InChI=1S/C15H22BrN3O/c1-11(20)18-9-12-2-4-19(5-3-12)10-13-6-14(16)8-15(17)7-13/h6-8,12H,2-5,9-10,17H2,1H3,(H,18,20). The van der Waals surface area contributed by atoms with Crippen LogP contribution in [-0.4, -0.2) is 30.4 Å². The van der Waals surface area contributed by atoms with Gasteiger partial charge in [0.05, 0.1) is 0 Å². The van der Waals surface area contributed by atoms with Crippen molar-refractivity contribution in [1.82, 2.24) is 10.2 Å². The van der Waals surface area contributed by atoms with Crippen LogP contribution in [0.1, 0.15) is 25.3 Å². The van der Waals surface area contributed by atoms with Crippen LogP contribution in [0.5, 0.6) is 0 Å². The number of nitrogen functional groups attached to an aromatic ring is 1. The van der Waals surface area contributed by atoms with Crippen LogP contribution >= 0.6 is 15.9 Å². The van der Waals surface area contributed by atoms with E-state index in [1.54, 1.807) is 6.92 Å². The molecule has 0 saturated carbocycles. The first-order valence-electron chi connectivity index (χ1n) is 7.04. The molecule has 0 bridgehead atoms. The first-order valence-corrected chi connectivity index (χ1v) is 7.84. The molecule has 20 heavy (non-hydrogen) atoms. The highest BCUT2D eigenvalue weighted by Crippen LogP contribution is 2.22. The summed E-state index contributed by atoms with van der Waals surface area (Å²) in [5.74, 6) is 0.680. The molecule has 1 aromatic rings. The van der Waals surface area contributed by atoms with E-state index in [-0.39, 0.29) is 5.91 Å². The number of benzene rings is 1. The molecule has 5 heteroatoms. The molecular weight excluding hydrogens is 318 g/mol. The highest BCUT2D eigenvalue weighted by Gasteiger charge is 2.19. The SMILES string of the molecule is CC(=O)NCC1CCN(Cc2cc(N)cc(Br)c2)CC1. The van der Waals surface area contributed by atoms with E-state index in [0.717, 1.165) is 49.2 Å². The Morgan fingerprint density at radius 1 is 1.40 bits per heavy atom. The molecule has 0 atom stereocenters. The van der Waals surface area contributed by atoms with E-state index in [9.17, 15) is 4.79 Å². The van der Waals surface area contributed by atoms with Gasteiger partial charge < -0.3 is 11.1 Å². The van der Waals surface area contributed by atoms with Gasteiger partial charge in [-0.2, -0.15) is 0 Å². The Labute approximate surface area is 128 Å². The Bertz CT molecular complexity index is 450. The van der Waals surface area contributed by atoms with Crippen LogP contribution in [-0.2, 0) is 11.3 Å². The fourth-order valence-electron chi connectivity index (χ4n) is 2.66. The van der Waals surface area contributed by atoms with Gasteiger partial charge in [0, 0.05) is 30.2 Å². The smallest absolute Gasteiger partial charge is 0.216 e. The van der Waals surface area contributed by atoms with Crippen LogP contribution in [0.15, 0.2) is 22.7 Å². The topological polar surface area (TPSA) is 58.4 Å². The third-order valence-electron chi connectivity index (χ3n) is 3.73. The van der Waals surface area contributed by atoms with Crippen LogP contribution in [0.2, 0.25) is 0 Å². The van der Waals surface area contributed by atoms with Crippen LogP contribution in [0.25, 0.3) is 0 Å². The number of halogens is 1. The van der Waals surface area contributed by atoms with Crippen molar-refractivity contribution in [2.45, 2.75) is 26.3 Å². The fourth-order valence-corrected chi connectivity index (χ4v) is 3.22. The molecule has 1 fully saturated rings. The van der Waals surface area contributed by atoms with E-state index >= 15 is 0 Å². The Hall–Kier alpha value is -1.07. The van der Waals surface area contributed by atoms with Crippen LogP contribution < -0.4 is 11.1 Å². The van der Waals surface area contributed by atoms with Gasteiger partial charge in [0.15, 0.2) is 0 Å². The first kappa shape index (κ1) is 15.3. The highest BCUT2D eigenvalue weighted by molar-refractivity contribution is 9.10. The predicted molar refractivity (Wildman–Crippen MR) is 85.2 cm³/mol. The largest absolute Gasteiger partial charge is 0.399 e. The minimum atomic E-state index is 0.0667. The number of carbonyl (C=O) groups excluding carboxylic acids is 1. The molecule has 1 aliphatic heterocycles. The van der Waals surface area contributed by atoms with E-state index in [1.807, 2.05) is 12.1 Å². The maximum Gasteiger partial charge on any atom is 0.216 e. The number of nitrogens with two attached hydrogens (primary N) is 1. The average molecular weight is 340 g/mol. The van der Waals surface area contributed by atoms with Crippen molar-refractivity contribution >= 4 is 27.5 Å². The number of piperidine rings is 1.